The zero-order chi connectivity index (χ0) is 16.4. The van der Waals surface area contributed by atoms with Crippen LogP contribution in [0.1, 0.15) is 34.3 Å². The molecule has 5 nitrogen and oxygen atoms in total. The number of benzene rings is 1. The van der Waals surface area contributed by atoms with Crippen LogP contribution in [0.3, 0.4) is 0 Å². The van der Waals surface area contributed by atoms with Gasteiger partial charge in [-0.2, -0.15) is 0 Å². The standard InChI is InChI=1S/C17H20N2O3S/c1-10-4-7-13-15(8-10)23-17(18-13)19-16(20)12-6-5-11(21-2)9-14(12)22-3/h5-6,9-10H,4,7-8H2,1-3H3,(H,18,19,20). The summed E-state index contributed by atoms with van der Waals surface area (Å²) in [5.41, 5.74) is 1.60. The van der Waals surface area contributed by atoms with Crippen molar-refractivity contribution in [3.63, 3.8) is 0 Å². The number of hydrogen-bond donors (Lipinski definition) is 1. The first-order valence-corrected chi connectivity index (χ1v) is 8.44. The Morgan fingerprint density at radius 2 is 2.17 bits per heavy atom. The van der Waals surface area contributed by atoms with E-state index >= 15 is 0 Å². The lowest BCUT2D eigenvalue weighted by atomic mass is 9.93. The van der Waals surface area contributed by atoms with Gasteiger partial charge in [-0.1, -0.05) is 6.92 Å². The molecule has 1 aromatic heterocycles. The number of aromatic nitrogens is 1. The molecule has 0 fully saturated rings. The van der Waals surface area contributed by atoms with Crippen LogP contribution in [0, 0.1) is 5.92 Å². The summed E-state index contributed by atoms with van der Waals surface area (Å²) in [5.74, 6) is 1.60. The smallest absolute Gasteiger partial charge is 0.261 e. The van der Waals surface area contributed by atoms with E-state index in [1.165, 1.54) is 12.0 Å². The number of anilines is 1. The van der Waals surface area contributed by atoms with E-state index in [9.17, 15) is 4.79 Å². The van der Waals surface area contributed by atoms with Gasteiger partial charge in [0, 0.05) is 10.9 Å². The Balaban J connectivity index is 1.79. The highest BCUT2D eigenvalue weighted by Crippen LogP contribution is 2.33. The maximum atomic E-state index is 12.5. The molecule has 1 N–H and O–H groups in total. The van der Waals surface area contributed by atoms with Crippen LogP contribution in [-0.2, 0) is 12.8 Å². The number of carbonyl (C=O) groups excluding carboxylic acids is 1. The van der Waals surface area contributed by atoms with Gasteiger partial charge in [-0.05, 0) is 37.3 Å². The van der Waals surface area contributed by atoms with Crippen molar-refractivity contribution >= 4 is 22.4 Å². The molecule has 122 valence electrons. The number of fused-ring (bicyclic) bond motifs is 1. The summed E-state index contributed by atoms with van der Waals surface area (Å²) in [7, 11) is 3.12. The summed E-state index contributed by atoms with van der Waals surface area (Å²) in [5, 5.41) is 3.55. The average molecular weight is 332 g/mol. The number of methoxy groups -OCH3 is 2. The highest BCUT2D eigenvalue weighted by atomic mass is 32.1. The summed E-state index contributed by atoms with van der Waals surface area (Å²) in [4.78, 5) is 18.4. The predicted octanol–water partition coefficient (Wildman–Crippen LogP) is 3.54. The molecule has 1 unspecified atom stereocenters. The summed E-state index contributed by atoms with van der Waals surface area (Å²) in [6.45, 7) is 2.25. The van der Waals surface area contributed by atoms with Gasteiger partial charge in [0.2, 0.25) is 0 Å². The molecule has 6 heteroatoms. The number of rotatable bonds is 4. The summed E-state index contributed by atoms with van der Waals surface area (Å²) in [6, 6.07) is 5.14. The van der Waals surface area contributed by atoms with Gasteiger partial charge in [-0.25, -0.2) is 4.98 Å². The van der Waals surface area contributed by atoms with Crippen molar-refractivity contribution in [3.8, 4) is 11.5 Å². The monoisotopic (exact) mass is 332 g/mol. The van der Waals surface area contributed by atoms with Gasteiger partial charge in [0.25, 0.3) is 5.91 Å². The molecule has 0 saturated heterocycles. The lowest BCUT2D eigenvalue weighted by Gasteiger charge is -2.15. The third-order valence-corrected chi connectivity index (χ3v) is 5.10. The zero-order valence-electron chi connectivity index (χ0n) is 13.5. The second-order valence-corrected chi connectivity index (χ2v) is 6.84. The van der Waals surface area contributed by atoms with Gasteiger partial charge in [-0.3, -0.25) is 10.1 Å². The fourth-order valence-electron chi connectivity index (χ4n) is 2.74. The highest BCUT2D eigenvalue weighted by molar-refractivity contribution is 7.15. The fraction of sp³-hybridized carbons (Fsp3) is 0.412. The highest BCUT2D eigenvalue weighted by Gasteiger charge is 2.21. The normalized spacial score (nSPS) is 16.6. The number of nitrogens with one attached hydrogen (secondary N) is 1. The lowest BCUT2D eigenvalue weighted by Crippen LogP contribution is -2.13. The SMILES string of the molecule is COc1ccc(C(=O)Nc2nc3c(s2)CC(C)CC3)c(OC)c1. The van der Waals surface area contributed by atoms with Crippen molar-refractivity contribution in [1.82, 2.24) is 4.98 Å². The molecule has 0 bridgehead atoms. The maximum absolute atomic E-state index is 12.5. The average Bonchev–Trinajstić information content (AvgIpc) is 2.95. The van der Waals surface area contributed by atoms with Gasteiger partial charge in [0.05, 0.1) is 25.5 Å². The number of carbonyl (C=O) groups is 1. The quantitative estimate of drug-likeness (QED) is 0.930. The molecule has 1 heterocycles. The molecule has 0 aliphatic heterocycles. The summed E-state index contributed by atoms with van der Waals surface area (Å²) >= 11 is 1.57. The molecule has 0 spiro atoms. The van der Waals surface area contributed by atoms with Crippen LogP contribution >= 0.6 is 11.3 Å². The maximum Gasteiger partial charge on any atom is 0.261 e. The van der Waals surface area contributed by atoms with Crippen LogP contribution in [0.2, 0.25) is 0 Å². The Bertz CT molecular complexity index is 727. The van der Waals surface area contributed by atoms with E-state index in [0.717, 1.165) is 25.0 Å². The van der Waals surface area contributed by atoms with Gasteiger partial charge in [-0.15, -0.1) is 11.3 Å². The zero-order valence-corrected chi connectivity index (χ0v) is 14.3. The Morgan fingerprint density at radius 3 is 2.91 bits per heavy atom. The molecule has 0 radical (unpaired) electrons. The van der Waals surface area contributed by atoms with Crippen LogP contribution in [0.15, 0.2) is 18.2 Å². The van der Waals surface area contributed by atoms with Gasteiger partial charge in [0.1, 0.15) is 11.5 Å². The minimum atomic E-state index is -0.219. The molecular formula is C17H20N2O3S. The third-order valence-electron chi connectivity index (χ3n) is 4.06. The number of ether oxygens (including phenoxy) is 2. The molecule has 1 aliphatic carbocycles. The number of amides is 1. The molecule has 23 heavy (non-hydrogen) atoms. The molecule has 1 atom stereocenters. The molecule has 1 amide bonds. The topological polar surface area (TPSA) is 60.5 Å². The molecule has 3 rings (SSSR count). The Hall–Kier alpha value is -2.08. The Morgan fingerprint density at radius 1 is 1.35 bits per heavy atom. The van der Waals surface area contributed by atoms with Crippen LogP contribution in [0.5, 0.6) is 11.5 Å². The number of thiazole rings is 1. The Labute approximate surface area is 139 Å². The van der Waals surface area contributed by atoms with Crippen molar-refractivity contribution in [2.24, 2.45) is 5.92 Å². The van der Waals surface area contributed by atoms with Gasteiger partial charge < -0.3 is 9.47 Å². The molecule has 1 aromatic carbocycles. The first kappa shape index (κ1) is 15.8. The van der Waals surface area contributed by atoms with Crippen LogP contribution in [-0.4, -0.2) is 25.1 Å². The molecule has 2 aromatic rings. The van der Waals surface area contributed by atoms with Crippen LogP contribution in [0.4, 0.5) is 5.13 Å². The molecular weight excluding hydrogens is 312 g/mol. The van der Waals surface area contributed by atoms with E-state index in [4.69, 9.17) is 9.47 Å². The van der Waals surface area contributed by atoms with E-state index in [-0.39, 0.29) is 5.91 Å². The van der Waals surface area contributed by atoms with Gasteiger partial charge >= 0.3 is 0 Å². The minimum absolute atomic E-state index is 0.219. The van der Waals surface area contributed by atoms with Crippen LogP contribution in [0.25, 0.3) is 0 Å². The molecule has 0 saturated carbocycles. The largest absolute Gasteiger partial charge is 0.497 e. The van der Waals surface area contributed by atoms with E-state index in [2.05, 4.69) is 17.2 Å². The first-order chi connectivity index (χ1) is 11.1. The van der Waals surface area contributed by atoms with Crippen molar-refractivity contribution < 1.29 is 14.3 Å². The predicted molar refractivity (Wildman–Crippen MR) is 90.8 cm³/mol. The third kappa shape index (κ3) is 3.32. The number of nitrogens with zero attached hydrogens (tertiary/aromatic N) is 1. The second-order valence-electron chi connectivity index (χ2n) is 5.76. The van der Waals surface area contributed by atoms with E-state index in [1.807, 2.05) is 0 Å². The van der Waals surface area contributed by atoms with E-state index in [1.54, 1.807) is 36.6 Å². The molecule has 1 aliphatic rings. The lowest BCUT2D eigenvalue weighted by molar-refractivity contribution is 0.102. The number of hydrogen-bond acceptors (Lipinski definition) is 5. The van der Waals surface area contributed by atoms with Gasteiger partial charge in [0.15, 0.2) is 5.13 Å². The van der Waals surface area contributed by atoms with Crippen molar-refractivity contribution in [3.05, 3.63) is 34.3 Å². The van der Waals surface area contributed by atoms with E-state index in [0.29, 0.717) is 28.1 Å². The first-order valence-electron chi connectivity index (χ1n) is 7.62. The fourth-order valence-corrected chi connectivity index (χ4v) is 3.91. The summed E-state index contributed by atoms with van der Waals surface area (Å²) in [6.07, 6.45) is 3.21. The number of aryl methyl sites for hydroxylation is 1. The minimum Gasteiger partial charge on any atom is -0.497 e. The Kier molecular flexibility index (Phi) is 4.52. The summed E-state index contributed by atoms with van der Waals surface area (Å²) < 4.78 is 10.4. The van der Waals surface area contributed by atoms with E-state index < -0.39 is 0 Å². The van der Waals surface area contributed by atoms with Crippen molar-refractivity contribution in [1.29, 1.82) is 0 Å². The van der Waals surface area contributed by atoms with Crippen LogP contribution < -0.4 is 14.8 Å². The van der Waals surface area contributed by atoms with Crippen molar-refractivity contribution in [2.75, 3.05) is 19.5 Å². The second kappa shape index (κ2) is 6.58. The van der Waals surface area contributed by atoms with Crippen molar-refractivity contribution in [2.45, 2.75) is 26.2 Å².